The van der Waals surface area contributed by atoms with Crippen molar-refractivity contribution in [2.45, 2.75) is 58.3 Å². The van der Waals surface area contributed by atoms with Gasteiger partial charge in [0.2, 0.25) is 0 Å². The van der Waals surface area contributed by atoms with Crippen LogP contribution in [0.4, 0.5) is 0 Å². The van der Waals surface area contributed by atoms with Gasteiger partial charge >= 0.3 is 0 Å². The molecule has 0 bridgehead atoms. The molecular formula is C17H28O3. The summed E-state index contributed by atoms with van der Waals surface area (Å²) in [6.45, 7) is 4.23. The Kier molecular flexibility index (Phi) is 8.88. The van der Waals surface area contributed by atoms with E-state index in [0.717, 1.165) is 31.6 Å². The fourth-order valence-electron chi connectivity index (χ4n) is 2.05. The van der Waals surface area contributed by atoms with Gasteiger partial charge in [-0.25, -0.2) is 0 Å². The van der Waals surface area contributed by atoms with Crippen LogP contribution >= 0.6 is 0 Å². The van der Waals surface area contributed by atoms with E-state index in [0.29, 0.717) is 0 Å². The van der Waals surface area contributed by atoms with Gasteiger partial charge in [-0.2, -0.15) is 0 Å². The minimum absolute atomic E-state index is 0.00885. The van der Waals surface area contributed by atoms with E-state index in [2.05, 4.69) is 11.7 Å². The van der Waals surface area contributed by atoms with Gasteiger partial charge < -0.3 is 14.9 Å². The van der Waals surface area contributed by atoms with Gasteiger partial charge in [0.1, 0.15) is 0 Å². The number of unbranched alkanes of at least 4 members (excludes halogenated alkanes) is 6. The average molecular weight is 280 g/mol. The van der Waals surface area contributed by atoms with Crippen LogP contribution in [0.3, 0.4) is 0 Å². The highest BCUT2D eigenvalue weighted by Gasteiger charge is 2.04. The summed E-state index contributed by atoms with van der Waals surface area (Å²) in [5.41, 5.74) is 0.860. The lowest BCUT2D eigenvalue weighted by Crippen LogP contribution is -1.87. The highest BCUT2D eigenvalue weighted by Crippen LogP contribution is 2.29. The number of para-hydroxylation sites is 1. The third-order valence-corrected chi connectivity index (χ3v) is 3.35. The number of hydrogen-bond donors (Lipinski definition) is 2. The summed E-state index contributed by atoms with van der Waals surface area (Å²) < 4.78 is 4.50. The first kappa shape index (κ1) is 16.8. The molecule has 20 heavy (non-hydrogen) atoms. The molecule has 1 aliphatic rings. The standard InChI is InChI=1S/C15H24O2.C2H4O/c1-2-3-4-5-6-7-8-10-13-11-9-12-14(16)15(13)17;1-2-3-1/h9,11-12,16-17H,2-8,10H2,1H3;1-2H2. The number of benzene rings is 1. The zero-order valence-corrected chi connectivity index (χ0v) is 12.6. The third kappa shape index (κ3) is 8.05. The maximum absolute atomic E-state index is 9.62. The lowest BCUT2D eigenvalue weighted by Gasteiger charge is -2.05. The van der Waals surface area contributed by atoms with E-state index in [4.69, 9.17) is 0 Å². The number of hydrogen-bond acceptors (Lipinski definition) is 3. The molecule has 1 saturated heterocycles. The number of aryl methyl sites for hydroxylation is 1. The molecule has 0 aromatic heterocycles. The van der Waals surface area contributed by atoms with Crippen molar-refractivity contribution in [3.63, 3.8) is 0 Å². The summed E-state index contributed by atoms with van der Waals surface area (Å²) >= 11 is 0. The first-order chi connectivity index (χ1) is 9.75. The molecular weight excluding hydrogens is 252 g/mol. The Labute approximate surface area is 122 Å². The summed E-state index contributed by atoms with van der Waals surface area (Å²) in [6.07, 6.45) is 9.72. The van der Waals surface area contributed by atoms with Gasteiger partial charge in [-0.15, -0.1) is 0 Å². The van der Waals surface area contributed by atoms with Gasteiger partial charge in [-0.05, 0) is 24.5 Å². The molecule has 2 rings (SSSR count). The Morgan fingerprint density at radius 1 is 0.950 bits per heavy atom. The molecule has 2 N–H and O–H groups in total. The van der Waals surface area contributed by atoms with Crippen LogP contribution in [0.1, 0.15) is 57.4 Å². The van der Waals surface area contributed by atoms with Gasteiger partial charge in [0.05, 0.1) is 13.2 Å². The Balaban J connectivity index is 0.000000584. The van der Waals surface area contributed by atoms with Gasteiger partial charge in [0, 0.05) is 0 Å². The number of epoxide rings is 1. The minimum atomic E-state index is -0.00885. The smallest absolute Gasteiger partial charge is 0.160 e. The van der Waals surface area contributed by atoms with Crippen molar-refractivity contribution in [2.75, 3.05) is 13.2 Å². The van der Waals surface area contributed by atoms with E-state index in [1.807, 2.05) is 6.07 Å². The zero-order chi connectivity index (χ0) is 14.6. The minimum Gasteiger partial charge on any atom is -0.504 e. The fraction of sp³-hybridized carbons (Fsp3) is 0.647. The molecule has 3 heteroatoms. The van der Waals surface area contributed by atoms with E-state index in [1.165, 1.54) is 44.6 Å². The van der Waals surface area contributed by atoms with Crippen molar-refractivity contribution in [1.82, 2.24) is 0 Å². The summed E-state index contributed by atoms with van der Waals surface area (Å²) in [5, 5.41) is 19.0. The molecule has 0 spiro atoms. The van der Waals surface area contributed by atoms with Gasteiger partial charge in [0.15, 0.2) is 11.5 Å². The van der Waals surface area contributed by atoms with Crippen LogP contribution in [-0.4, -0.2) is 23.4 Å². The molecule has 1 heterocycles. The van der Waals surface area contributed by atoms with Gasteiger partial charge in [-0.3, -0.25) is 0 Å². The van der Waals surface area contributed by atoms with Crippen LogP contribution in [0.25, 0.3) is 0 Å². The number of aromatic hydroxyl groups is 2. The number of rotatable bonds is 8. The first-order valence-corrected chi connectivity index (χ1v) is 7.83. The Bertz CT molecular complexity index is 358. The van der Waals surface area contributed by atoms with E-state index >= 15 is 0 Å². The number of ether oxygens (including phenoxy) is 1. The summed E-state index contributed by atoms with van der Waals surface area (Å²) in [6, 6.07) is 5.18. The quantitative estimate of drug-likeness (QED) is 0.421. The predicted molar refractivity (Wildman–Crippen MR) is 82.3 cm³/mol. The summed E-state index contributed by atoms with van der Waals surface area (Å²) in [4.78, 5) is 0. The normalized spacial score (nSPS) is 12.7. The molecule has 0 radical (unpaired) electrons. The van der Waals surface area contributed by atoms with E-state index in [1.54, 1.807) is 6.07 Å². The number of phenols is 2. The monoisotopic (exact) mass is 280 g/mol. The van der Waals surface area contributed by atoms with Crippen LogP contribution in [0, 0.1) is 0 Å². The maximum atomic E-state index is 9.62. The van der Waals surface area contributed by atoms with Crippen LogP contribution in [0.5, 0.6) is 11.5 Å². The summed E-state index contributed by atoms with van der Waals surface area (Å²) in [7, 11) is 0. The van der Waals surface area contributed by atoms with Crippen molar-refractivity contribution >= 4 is 0 Å². The number of phenolic OH excluding ortho intramolecular Hbond substituents is 2. The molecule has 0 aliphatic carbocycles. The summed E-state index contributed by atoms with van der Waals surface area (Å²) in [5.74, 6) is 0.0453. The Morgan fingerprint density at radius 2 is 1.55 bits per heavy atom. The van der Waals surface area contributed by atoms with Crippen LogP contribution in [0.15, 0.2) is 18.2 Å². The largest absolute Gasteiger partial charge is 0.504 e. The Morgan fingerprint density at radius 3 is 2.15 bits per heavy atom. The highest BCUT2D eigenvalue weighted by atomic mass is 16.6. The molecule has 114 valence electrons. The van der Waals surface area contributed by atoms with Gasteiger partial charge in [-0.1, -0.05) is 57.6 Å². The SMILES string of the molecule is C1CO1.CCCCCCCCCc1cccc(O)c1O. The van der Waals surface area contributed by atoms with Crippen LogP contribution in [0.2, 0.25) is 0 Å². The molecule has 1 aliphatic heterocycles. The lowest BCUT2D eigenvalue weighted by atomic mass is 10.0. The second-order valence-corrected chi connectivity index (χ2v) is 5.27. The highest BCUT2D eigenvalue weighted by molar-refractivity contribution is 5.44. The topological polar surface area (TPSA) is 53.0 Å². The predicted octanol–water partition coefficient (Wildman–Crippen LogP) is 4.41. The first-order valence-electron chi connectivity index (χ1n) is 7.83. The molecule has 0 amide bonds. The zero-order valence-electron chi connectivity index (χ0n) is 12.6. The second kappa shape index (κ2) is 10.6. The van der Waals surface area contributed by atoms with E-state index in [-0.39, 0.29) is 11.5 Å². The van der Waals surface area contributed by atoms with Crippen LogP contribution < -0.4 is 0 Å². The second-order valence-electron chi connectivity index (χ2n) is 5.27. The molecule has 0 unspecified atom stereocenters. The lowest BCUT2D eigenvalue weighted by molar-refractivity contribution is 0.398. The van der Waals surface area contributed by atoms with Crippen molar-refractivity contribution in [3.8, 4) is 11.5 Å². The van der Waals surface area contributed by atoms with Crippen LogP contribution in [-0.2, 0) is 11.2 Å². The molecule has 1 fully saturated rings. The van der Waals surface area contributed by atoms with Crippen molar-refractivity contribution in [2.24, 2.45) is 0 Å². The third-order valence-electron chi connectivity index (χ3n) is 3.35. The molecule has 1 aromatic rings. The molecule has 0 atom stereocenters. The molecule has 0 saturated carbocycles. The molecule has 1 aromatic carbocycles. The van der Waals surface area contributed by atoms with Crippen molar-refractivity contribution in [1.29, 1.82) is 0 Å². The van der Waals surface area contributed by atoms with E-state index < -0.39 is 0 Å². The fourth-order valence-corrected chi connectivity index (χ4v) is 2.05. The van der Waals surface area contributed by atoms with Crippen molar-refractivity contribution < 1.29 is 14.9 Å². The van der Waals surface area contributed by atoms with Gasteiger partial charge in [0.25, 0.3) is 0 Å². The Hall–Kier alpha value is -1.22. The molecule has 3 nitrogen and oxygen atoms in total. The maximum Gasteiger partial charge on any atom is 0.160 e. The van der Waals surface area contributed by atoms with E-state index in [9.17, 15) is 10.2 Å². The van der Waals surface area contributed by atoms with Crippen molar-refractivity contribution in [3.05, 3.63) is 23.8 Å². The average Bonchev–Trinajstić information content (AvgIpc) is 3.31.